The van der Waals surface area contributed by atoms with Crippen LogP contribution in [0.5, 0.6) is 5.75 Å². The summed E-state index contributed by atoms with van der Waals surface area (Å²) in [7, 11) is 0. The molecule has 1 aromatic rings. The highest BCUT2D eigenvalue weighted by Gasteiger charge is 2.28. The van der Waals surface area contributed by atoms with Gasteiger partial charge in [-0.2, -0.15) is 0 Å². The van der Waals surface area contributed by atoms with E-state index in [4.69, 9.17) is 11.6 Å². The van der Waals surface area contributed by atoms with Crippen molar-refractivity contribution in [3.63, 3.8) is 0 Å². The summed E-state index contributed by atoms with van der Waals surface area (Å²) in [6.07, 6.45) is 1.63. The molecule has 0 saturated carbocycles. The van der Waals surface area contributed by atoms with Crippen molar-refractivity contribution in [1.29, 1.82) is 0 Å². The molecule has 1 aliphatic rings. The van der Waals surface area contributed by atoms with E-state index in [0.717, 1.165) is 30.7 Å². The van der Waals surface area contributed by atoms with Crippen molar-refractivity contribution in [2.45, 2.75) is 18.2 Å². The number of rotatable bonds is 4. The number of para-hydroxylation sites is 1. The summed E-state index contributed by atoms with van der Waals surface area (Å²) in [5.74, 6) is 1.35. The lowest BCUT2D eigenvalue weighted by atomic mass is 10.1. The number of hydrogen-bond donors (Lipinski definition) is 1. The summed E-state index contributed by atoms with van der Waals surface area (Å²) >= 11 is 7.38. The van der Waals surface area contributed by atoms with Crippen molar-refractivity contribution in [2.24, 2.45) is 0 Å². The zero-order valence-electron chi connectivity index (χ0n) is 10.0. The Bertz CT molecular complexity index is 427. The van der Waals surface area contributed by atoms with Crippen LogP contribution in [0, 0.1) is 0 Å². The minimum Gasteiger partial charge on any atom is -0.508 e. The molecule has 1 aromatic carbocycles. The molecule has 1 saturated heterocycles. The fourth-order valence-corrected chi connectivity index (χ4v) is 3.54. The fraction of sp³-hybridized carbons (Fsp3) is 0.462. The van der Waals surface area contributed by atoms with E-state index in [1.54, 1.807) is 17.8 Å². The van der Waals surface area contributed by atoms with Crippen LogP contribution in [0.2, 0.25) is 0 Å². The van der Waals surface area contributed by atoms with Crippen LogP contribution < -0.4 is 0 Å². The van der Waals surface area contributed by atoms with Gasteiger partial charge in [0.1, 0.15) is 11.6 Å². The van der Waals surface area contributed by atoms with Crippen LogP contribution in [0.25, 0.3) is 0 Å². The minimum atomic E-state index is 0.00366. The van der Waals surface area contributed by atoms with Crippen LogP contribution in [0.15, 0.2) is 24.3 Å². The third-order valence-electron chi connectivity index (χ3n) is 3.08. The Balaban J connectivity index is 1.94. The molecule has 0 aromatic heterocycles. The first kappa shape index (κ1) is 13.6. The Morgan fingerprint density at radius 3 is 3.00 bits per heavy atom. The lowest BCUT2D eigenvalue weighted by Gasteiger charge is -2.23. The number of phenols is 1. The number of aromatic hydroxyl groups is 1. The SMILES string of the molecule is O=C(CCl)N1CCSC1CCc1ccccc1O. The molecule has 0 spiro atoms. The molecule has 1 atom stereocenters. The Labute approximate surface area is 116 Å². The quantitative estimate of drug-likeness (QED) is 0.864. The molecular weight excluding hydrogens is 270 g/mol. The van der Waals surface area contributed by atoms with E-state index in [0.29, 0.717) is 5.75 Å². The molecule has 18 heavy (non-hydrogen) atoms. The topological polar surface area (TPSA) is 40.5 Å². The first-order valence-electron chi connectivity index (χ1n) is 5.96. The summed E-state index contributed by atoms with van der Waals surface area (Å²) in [6, 6.07) is 7.34. The molecule has 1 unspecified atom stereocenters. The largest absolute Gasteiger partial charge is 0.508 e. The van der Waals surface area contributed by atoms with E-state index in [1.807, 2.05) is 23.1 Å². The van der Waals surface area contributed by atoms with Crippen LogP contribution in [-0.2, 0) is 11.2 Å². The fourth-order valence-electron chi connectivity index (χ4n) is 2.12. The van der Waals surface area contributed by atoms with Gasteiger partial charge >= 0.3 is 0 Å². The van der Waals surface area contributed by atoms with Crippen molar-refractivity contribution in [1.82, 2.24) is 4.90 Å². The number of phenolic OH excluding ortho intramolecular Hbond substituents is 1. The summed E-state index contributed by atoms with van der Waals surface area (Å²) in [6.45, 7) is 0.779. The van der Waals surface area contributed by atoms with E-state index in [-0.39, 0.29) is 17.2 Å². The van der Waals surface area contributed by atoms with Gasteiger partial charge in [-0.3, -0.25) is 4.79 Å². The predicted molar refractivity (Wildman–Crippen MR) is 75.1 cm³/mol. The van der Waals surface area contributed by atoms with Crippen LogP contribution >= 0.6 is 23.4 Å². The van der Waals surface area contributed by atoms with Gasteiger partial charge in [0.15, 0.2) is 0 Å². The normalized spacial score (nSPS) is 19.2. The molecular formula is C13H16ClNO2S. The number of amides is 1. The van der Waals surface area contributed by atoms with Crippen molar-refractivity contribution >= 4 is 29.3 Å². The molecule has 98 valence electrons. The number of alkyl halides is 1. The van der Waals surface area contributed by atoms with Gasteiger partial charge in [-0.25, -0.2) is 0 Å². The molecule has 3 nitrogen and oxygen atoms in total. The first-order valence-corrected chi connectivity index (χ1v) is 7.54. The summed E-state index contributed by atoms with van der Waals surface area (Å²) < 4.78 is 0. The maximum absolute atomic E-state index is 11.6. The number of thioether (sulfide) groups is 1. The highest BCUT2D eigenvalue weighted by Crippen LogP contribution is 2.29. The van der Waals surface area contributed by atoms with Crippen LogP contribution in [0.4, 0.5) is 0 Å². The Morgan fingerprint density at radius 2 is 2.28 bits per heavy atom. The van der Waals surface area contributed by atoms with Gasteiger partial charge in [-0.15, -0.1) is 23.4 Å². The minimum absolute atomic E-state index is 0.00366. The number of halogens is 1. The van der Waals surface area contributed by atoms with Crippen molar-refractivity contribution in [3.8, 4) is 5.75 Å². The Kier molecular flexibility index (Phi) is 4.78. The molecule has 0 bridgehead atoms. The second-order valence-corrected chi connectivity index (χ2v) is 5.77. The van der Waals surface area contributed by atoms with Gasteiger partial charge in [-0.05, 0) is 24.5 Å². The number of nitrogens with zero attached hydrogens (tertiary/aromatic N) is 1. The third kappa shape index (κ3) is 3.12. The molecule has 0 radical (unpaired) electrons. The molecule has 1 heterocycles. The van der Waals surface area contributed by atoms with Crippen LogP contribution in [-0.4, -0.2) is 39.5 Å². The number of benzene rings is 1. The zero-order chi connectivity index (χ0) is 13.0. The second kappa shape index (κ2) is 6.34. The van der Waals surface area contributed by atoms with Crippen LogP contribution in [0.1, 0.15) is 12.0 Å². The Morgan fingerprint density at radius 1 is 1.50 bits per heavy atom. The molecule has 1 amide bonds. The maximum Gasteiger partial charge on any atom is 0.238 e. The second-order valence-electron chi connectivity index (χ2n) is 4.21. The van der Waals surface area contributed by atoms with Crippen molar-refractivity contribution in [2.75, 3.05) is 18.2 Å². The average molecular weight is 286 g/mol. The van der Waals surface area contributed by atoms with Gasteiger partial charge in [0.25, 0.3) is 0 Å². The molecule has 5 heteroatoms. The number of carbonyl (C=O) groups excluding carboxylic acids is 1. The van der Waals surface area contributed by atoms with Crippen LogP contribution in [0.3, 0.4) is 0 Å². The first-order chi connectivity index (χ1) is 8.72. The molecule has 0 aliphatic carbocycles. The molecule has 1 fully saturated rings. The summed E-state index contributed by atoms with van der Waals surface area (Å²) in [5.41, 5.74) is 0.934. The van der Waals surface area contributed by atoms with Gasteiger partial charge in [0.05, 0.1) is 5.37 Å². The smallest absolute Gasteiger partial charge is 0.238 e. The van der Waals surface area contributed by atoms with E-state index < -0.39 is 0 Å². The van der Waals surface area contributed by atoms with E-state index in [9.17, 15) is 9.90 Å². The molecule has 1 aliphatic heterocycles. The van der Waals surface area contributed by atoms with Gasteiger partial charge < -0.3 is 10.0 Å². The lowest BCUT2D eigenvalue weighted by Crippen LogP contribution is -2.35. The summed E-state index contributed by atoms with van der Waals surface area (Å²) in [4.78, 5) is 13.5. The number of aryl methyl sites for hydroxylation is 1. The zero-order valence-corrected chi connectivity index (χ0v) is 11.6. The Hall–Kier alpha value is -0.870. The lowest BCUT2D eigenvalue weighted by molar-refractivity contribution is -0.128. The molecule has 1 N–H and O–H groups in total. The number of carbonyl (C=O) groups is 1. The van der Waals surface area contributed by atoms with Gasteiger partial charge in [0.2, 0.25) is 5.91 Å². The predicted octanol–water partition coefficient (Wildman–Crippen LogP) is 2.47. The van der Waals surface area contributed by atoms with Gasteiger partial charge in [0, 0.05) is 12.3 Å². The third-order valence-corrected chi connectivity index (χ3v) is 4.60. The maximum atomic E-state index is 11.6. The summed E-state index contributed by atoms with van der Waals surface area (Å²) in [5, 5.41) is 9.89. The van der Waals surface area contributed by atoms with E-state index in [2.05, 4.69) is 0 Å². The molecule has 2 rings (SSSR count). The monoisotopic (exact) mass is 285 g/mol. The average Bonchev–Trinajstić information content (AvgIpc) is 2.85. The number of hydrogen-bond acceptors (Lipinski definition) is 3. The highest BCUT2D eigenvalue weighted by molar-refractivity contribution is 8.00. The van der Waals surface area contributed by atoms with E-state index in [1.165, 1.54) is 0 Å². The van der Waals surface area contributed by atoms with Gasteiger partial charge in [-0.1, -0.05) is 18.2 Å². The standard InChI is InChI=1S/C13H16ClNO2S/c14-9-12(17)15-7-8-18-13(15)6-5-10-3-1-2-4-11(10)16/h1-4,13,16H,5-9H2. The van der Waals surface area contributed by atoms with Crippen molar-refractivity contribution < 1.29 is 9.90 Å². The van der Waals surface area contributed by atoms with E-state index >= 15 is 0 Å². The highest BCUT2D eigenvalue weighted by atomic mass is 35.5. The van der Waals surface area contributed by atoms with Crippen molar-refractivity contribution in [3.05, 3.63) is 29.8 Å².